The molecule has 0 amide bonds. The average molecular weight is 258 g/mol. The van der Waals surface area contributed by atoms with Crippen LogP contribution >= 0.6 is 0 Å². The normalized spacial score (nSPS) is 10.2. The number of nitrogens with zero attached hydrogens (tertiary/aromatic N) is 2. The molecule has 0 aliphatic heterocycles. The summed E-state index contributed by atoms with van der Waals surface area (Å²) in [5.41, 5.74) is -0.206. The van der Waals surface area contributed by atoms with E-state index in [2.05, 4.69) is 0 Å². The zero-order valence-corrected chi connectivity index (χ0v) is 10.1. The SMILES string of the molecule is CC(=O)c1ccc(-n2cccc([N+](=O)[O-])c2=O)cc1. The van der Waals surface area contributed by atoms with Crippen molar-refractivity contribution in [2.24, 2.45) is 0 Å². The van der Waals surface area contributed by atoms with Gasteiger partial charge in [0.1, 0.15) is 0 Å². The Kier molecular flexibility index (Phi) is 3.24. The van der Waals surface area contributed by atoms with E-state index in [1.54, 1.807) is 24.3 Å². The number of rotatable bonds is 3. The van der Waals surface area contributed by atoms with Crippen molar-refractivity contribution in [3.63, 3.8) is 0 Å². The molecule has 1 heterocycles. The molecule has 0 bridgehead atoms. The maximum absolute atomic E-state index is 11.9. The molecule has 19 heavy (non-hydrogen) atoms. The van der Waals surface area contributed by atoms with Gasteiger partial charge in [0.2, 0.25) is 0 Å². The van der Waals surface area contributed by atoms with Crippen LogP contribution in [0.3, 0.4) is 0 Å². The standard InChI is InChI=1S/C13H10N2O4/c1-9(16)10-4-6-11(7-5-10)14-8-2-3-12(13(14)17)15(18)19/h2-8H,1H3. The third kappa shape index (κ3) is 2.42. The van der Waals surface area contributed by atoms with Gasteiger partial charge >= 0.3 is 11.2 Å². The largest absolute Gasteiger partial charge is 0.334 e. The number of nitro groups is 1. The summed E-state index contributed by atoms with van der Waals surface area (Å²) in [6.07, 6.45) is 1.44. The van der Waals surface area contributed by atoms with E-state index in [9.17, 15) is 19.7 Å². The number of aromatic nitrogens is 1. The Hall–Kier alpha value is -2.76. The summed E-state index contributed by atoms with van der Waals surface area (Å²) in [6.45, 7) is 1.44. The third-order valence-corrected chi connectivity index (χ3v) is 2.68. The fourth-order valence-corrected chi connectivity index (χ4v) is 1.68. The summed E-state index contributed by atoms with van der Waals surface area (Å²) < 4.78 is 1.17. The highest BCUT2D eigenvalue weighted by atomic mass is 16.6. The molecule has 0 unspecified atom stereocenters. The Balaban J connectivity index is 2.53. The predicted octanol–water partition coefficient (Wildman–Crippen LogP) is 1.95. The highest BCUT2D eigenvalue weighted by Gasteiger charge is 2.14. The van der Waals surface area contributed by atoms with Gasteiger partial charge in [0.05, 0.1) is 4.92 Å². The average Bonchev–Trinajstić information content (AvgIpc) is 2.38. The summed E-state index contributed by atoms with van der Waals surface area (Å²) in [5, 5.41) is 10.7. The minimum Gasteiger partial charge on any atom is -0.295 e. The molecule has 0 radical (unpaired) electrons. The molecule has 0 N–H and O–H groups in total. The predicted molar refractivity (Wildman–Crippen MR) is 68.7 cm³/mol. The van der Waals surface area contributed by atoms with Gasteiger partial charge in [-0.2, -0.15) is 0 Å². The number of ketones is 1. The van der Waals surface area contributed by atoms with E-state index >= 15 is 0 Å². The fourth-order valence-electron chi connectivity index (χ4n) is 1.68. The number of carbonyl (C=O) groups is 1. The molecule has 0 aliphatic carbocycles. The van der Waals surface area contributed by atoms with E-state index in [-0.39, 0.29) is 5.78 Å². The second-order valence-electron chi connectivity index (χ2n) is 3.93. The van der Waals surface area contributed by atoms with Crippen LogP contribution in [0.4, 0.5) is 5.69 Å². The van der Waals surface area contributed by atoms with Crippen LogP contribution in [0.2, 0.25) is 0 Å². The van der Waals surface area contributed by atoms with Crippen molar-refractivity contribution in [3.05, 3.63) is 68.6 Å². The van der Waals surface area contributed by atoms with E-state index in [0.29, 0.717) is 11.3 Å². The smallest absolute Gasteiger partial charge is 0.295 e. The topological polar surface area (TPSA) is 82.2 Å². The summed E-state index contributed by atoms with van der Waals surface area (Å²) >= 11 is 0. The van der Waals surface area contributed by atoms with Gasteiger partial charge in [0.15, 0.2) is 5.78 Å². The van der Waals surface area contributed by atoms with Crippen LogP contribution in [-0.4, -0.2) is 15.3 Å². The van der Waals surface area contributed by atoms with Gasteiger partial charge in [-0.3, -0.25) is 24.3 Å². The maximum atomic E-state index is 11.9. The molecule has 6 nitrogen and oxygen atoms in total. The first-order chi connectivity index (χ1) is 9.00. The number of hydrogen-bond donors (Lipinski definition) is 0. The molecule has 0 fully saturated rings. The van der Waals surface area contributed by atoms with Gasteiger partial charge in [-0.25, -0.2) is 0 Å². The number of Topliss-reactive ketones (excluding diaryl/α,β-unsaturated/α-hetero) is 1. The zero-order chi connectivity index (χ0) is 14.0. The van der Waals surface area contributed by atoms with Crippen molar-refractivity contribution in [2.75, 3.05) is 0 Å². The molecule has 0 saturated carbocycles. The molecular formula is C13H10N2O4. The van der Waals surface area contributed by atoms with Crippen LogP contribution < -0.4 is 5.56 Å². The molecule has 0 spiro atoms. The van der Waals surface area contributed by atoms with Crippen LogP contribution in [0.5, 0.6) is 0 Å². The second kappa shape index (κ2) is 4.85. The van der Waals surface area contributed by atoms with Crippen molar-refractivity contribution in [1.82, 2.24) is 4.57 Å². The van der Waals surface area contributed by atoms with Gasteiger partial charge < -0.3 is 0 Å². The van der Waals surface area contributed by atoms with E-state index < -0.39 is 16.2 Å². The van der Waals surface area contributed by atoms with Crippen LogP contribution in [0.15, 0.2) is 47.4 Å². The minimum absolute atomic E-state index is 0.0852. The van der Waals surface area contributed by atoms with Gasteiger partial charge in [0, 0.05) is 23.5 Å². The van der Waals surface area contributed by atoms with E-state index in [1.165, 1.54) is 23.8 Å². The minimum atomic E-state index is -0.719. The van der Waals surface area contributed by atoms with E-state index in [0.717, 1.165) is 6.07 Å². The Labute approximate surface area is 108 Å². The molecule has 2 rings (SSSR count). The first-order valence-electron chi connectivity index (χ1n) is 5.48. The molecule has 0 aliphatic rings. The first-order valence-corrected chi connectivity index (χ1v) is 5.48. The Morgan fingerprint density at radius 2 is 1.84 bits per heavy atom. The summed E-state index contributed by atoms with van der Waals surface area (Å²) in [7, 11) is 0. The number of pyridine rings is 1. The lowest BCUT2D eigenvalue weighted by molar-refractivity contribution is -0.386. The second-order valence-corrected chi connectivity index (χ2v) is 3.93. The van der Waals surface area contributed by atoms with Crippen LogP contribution in [0.25, 0.3) is 5.69 Å². The third-order valence-electron chi connectivity index (χ3n) is 2.68. The molecule has 6 heteroatoms. The first kappa shape index (κ1) is 12.7. The molecule has 96 valence electrons. The fraction of sp³-hybridized carbons (Fsp3) is 0.0769. The summed E-state index contributed by atoms with van der Waals surface area (Å²) in [5.74, 6) is -0.0852. The van der Waals surface area contributed by atoms with E-state index in [4.69, 9.17) is 0 Å². The van der Waals surface area contributed by atoms with Crippen LogP contribution in [0, 0.1) is 10.1 Å². The molecule has 1 aromatic heterocycles. The van der Waals surface area contributed by atoms with Gasteiger partial charge in [-0.1, -0.05) is 0 Å². The monoisotopic (exact) mass is 258 g/mol. The highest BCUT2D eigenvalue weighted by molar-refractivity contribution is 5.94. The zero-order valence-electron chi connectivity index (χ0n) is 10.1. The lowest BCUT2D eigenvalue weighted by Gasteiger charge is -2.05. The van der Waals surface area contributed by atoms with Crippen molar-refractivity contribution < 1.29 is 9.72 Å². The number of hydrogen-bond acceptors (Lipinski definition) is 4. The molecule has 2 aromatic rings. The van der Waals surface area contributed by atoms with Crippen molar-refractivity contribution >= 4 is 11.5 Å². The summed E-state index contributed by atoms with van der Waals surface area (Å²) in [6, 6.07) is 8.87. The molecular weight excluding hydrogens is 248 g/mol. The van der Waals surface area contributed by atoms with Crippen molar-refractivity contribution in [2.45, 2.75) is 6.92 Å². The quantitative estimate of drug-likeness (QED) is 0.478. The van der Waals surface area contributed by atoms with E-state index in [1.807, 2.05) is 0 Å². The van der Waals surface area contributed by atoms with Crippen molar-refractivity contribution in [3.8, 4) is 5.69 Å². The Morgan fingerprint density at radius 3 is 2.37 bits per heavy atom. The molecule has 0 atom stereocenters. The Bertz CT molecular complexity index is 701. The maximum Gasteiger partial charge on any atom is 0.334 e. The molecule has 1 aromatic carbocycles. The summed E-state index contributed by atoms with van der Waals surface area (Å²) in [4.78, 5) is 33.0. The van der Waals surface area contributed by atoms with Gasteiger partial charge in [0.25, 0.3) is 0 Å². The lowest BCUT2D eigenvalue weighted by atomic mass is 10.1. The number of carbonyl (C=O) groups excluding carboxylic acids is 1. The van der Waals surface area contributed by atoms with Crippen molar-refractivity contribution in [1.29, 1.82) is 0 Å². The Morgan fingerprint density at radius 1 is 1.21 bits per heavy atom. The number of benzene rings is 1. The van der Waals surface area contributed by atoms with Gasteiger partial charge in [-0.15, -0.1) is 0 Å². The van der Waals surface area contributed by atoms with Gasteiger partial charge in [-0.05, 0) is 37.3 Å². The lowest BCUT2D eigenvalue weighted by Crippen LogP contribution is -2.20. The molecule has 0 saturated heterocycles. The van der Waals surface area contributed by atoms with Crippen LogP contribution in [0.1, 0.15) is 17.3 Å². The van der Waals surface area contributed by atoms with Crippen LogP contribution in [-0.2, 0) is 0 Å². The highest BCUT2D eigenvalue weighted by Crippen LogP contribution is 2.10.